The van der Waals surface area contributed by atoms with Gasteiger partial charge in [-0.3, -0.25) is 0 Å². The second-order valence-electron chi connectivity index (χ2n) is 2.96. The Balaban J connectivity index is 2.62. The summed E-state index contributed by atoms with van der Waals surface area (Å²) in [5, 5.41) is 4.30. The van der Waals surface area contributed by atoms with Gasteiger partial charge in [0.15, 0.2) is 5.65 Å². The lowest BCUT2D eigenvalue weighted by Crippen LogP contribution is -2.10. The van der Waals surface area contributed by atoms with Crippen molar-refractivity contribution < 1.29 is 0 Å². The minimum Gasteiger partial charge on any atom is -0.346 e. The minimum atomic E-state index is 0.738. The maximum atomic E-state index is 4.33. The van der Waals surface area contributed by atoms with Gasteiger partial charge >= 0.3 is 0 Å². The first-order chi connectivity index (χ1) is 6.16. The zero-order valence-corrected chi connectivity index (χ0v) is 9.56. The fraction of sp³-hybridized carbons (Fsp3) is 0.250. The molecule has 0 radical (unpaired) electrons. The monoisotopic (exact) mass is 288 g/mol. The third kappa shape index (κ3) is 1.60. The maximum Gasteiger partial charge on any atom is 0.245 e. The number of halogens is 1. The second-order valence-corrected chi connectivity index (χ2v) is 4.20. The van der Waals surface area contributed by atoms with Crippen LogP contribution in [-0.2, 0) is 0 Å². The van der Waals surface area contributed by atoms with Crippen LogP contribution >= 0.6 is 22.6 Å². The van der Waals surface area contributed by atoms with Crippen molar-refractivity contribution in [3.63, 3.8) is 0 Å². The summed E-state index contributed by atoms with van der Waals surface area (Å²) in [5.41, 5.74) is 0.879. The van der Waals surface area contributed by atoms with Crippen molar-refractivity contribution in [2.75, 3.05) is 19.0 Å². The Labute approximate surface area is 89.7 Å². The number of nitrogens with zero attached hydrogens (tertiary/aromatic N) is 4. The number of fused-ring (bicyclic) bond motifs is 1. The van der Waals surface area contributed by atoms with Crippen LogP contribution in [0.5, 0.6) is 0 Å². The van der Waals surface area contributed by atoms with Crippen molar-refractivity contribution in [1.82, 2.24) is 14.6 Å². The number of pyridine rings is 1. The van der Waals surface area contributed by atoms with Gasteiger partial charge in [0.2, 0.25) is 5.95 Å². The lowest BCUT2D eigenvalue weighted by molar-refractivity contribution is 0.923. The van der Waals surface area contributed by atoms with E-state index < -0.39 is 0 Å². The molecule has 0 bridgehead atoms. The first kappa shape index (κ1) is 8.74. The van der Waals surface area contributed by atoms with Crippen LogP contribution < -0.4 is 4.90 Å². The molecule has 68 valence electrons. The summed E-state index contributed by atoms with van der Waals surface area (Å²) in [5.74, 6) is 0.738. The summed E-state index contributed by atoms with van der Waals surface area (Å²) in [6, 6.07) is 3.98. The van der Waals surface area contributed by atoms with Gasteiger partial charge in [0.05, 0.1) is 0 Å². The highest BCUT2D eigenvalue weighted by atomic mass is 127. The van der Waals surface area contributed by atoms with Gasteiger partial charge in [0.25, 0.3) is 0 Å². The lowest BCUT2D eigenvalue weighted by Gasteiger charge is -2.03. The number of aromatic nitrogens is 3. The predicted octanol–water partition coefficient (Wildman–Crippen LogP) is 1.40. The van der Waals surface area contributed by atoms with E-state index in [1.54, 1.807) is 4.52 Å². The average Bonchev–Trinajstić information content (AvgIpc) is 2.46. The van der Waals surface area contributed by atoms with Gasteiger partial charge < -0.3 is 4.90 Å². The highest BCUT2D eigenvalue weighted by molar-refractivity contribution is 14.1. The SMILES string of the molecule is CN(C)c1nc2ccc(I)cn2n1. The Hall–Kier alpha value is -0.850. The molecule has 0 fully saturated rings. The van der Waals surface area contributed by atoms with Crippen LogP contribution in [0, 0.1) is 3.57 Å². The smallest absolute Gasteiger partial charge is 0.245 e. The molecule has 0 saturated carbocycles. The topological polar surface area (TPSA) is 33.4 Å². The molecule has 0 unspecified atom stereocenters. The molecule has 0 aliphatic rings. The molecule has 0 aromatic carbocycles. The van der Waals surface area contributed by atoms with Crippen molar-refractivity contribution in [1.29, 1.82) is 0 Å². The largest absolute Gasteiger partial charge is 0.346 e. The van der Waals surface area contributed by atoms with E-state index in [1.165, 1.54) is 0 Å². The molecule has 0 amide bonds. The molecule has 13 heavy (non-hydrogen) atoms. The van der Waals surface area contributed by atoms with Gasteiger partial charge in [-0.15, -0.1) is 5.10 Å². The Morgan fingerprint density at radius 2 is 2.15 bits per heavy atom. The third-order valence-electron chi connectivity index (χ3n) is 1.68. The zero-order valence-electron chi connectivity index (χ0n) is 7.40. The first-order valence-electron chi connectivity index (χ1n) is 3.86. The van der Waals surface area contributed by atoms with E-state index in [-0.39, 0.29) is 0 Å². The van der Waals surface area contributed by atoms with Crippen molar-refractivity contribution in [3.8, 4) is 0 Å². The average molecular weight is 288 g/mol. The van der Waals surface area contributed by atoms with Crippen molar-refractivity contribution in [2.24, 2.45) is 0 Å². The highest BCUT2D eigenvalue weighted by Gasteiger charge is 2.04. The fourth-order valence-corrected chi connectivity index (χ4v) is 1.48. The maximum absolute atomic E-state index is 4.33. The third-order valence-corrected chi connectivity index (χ3v) is 2.32. The molecule has 4 nitrogen and oxygen atoms in total. The summed E-state index contributed by atoms with van der Waals surface area (Å²) >= 11 is 2.25. The van der Waals surface area contributed by atoms with Crippen LogP contribution in [0.3, 0.4) is 0 Å². The first-order valence-corrected chi connectivity index (χ1v) is 4.94. The van der Waals surface area contributed by atoms with Crippen LogP contribution in [0.15, 0.2) is 18.3 Å². The minimum absolute atomic E-state index is 0.738. The van der Waals surface area contributed by atoms with E-state index in [0.717, 1.165) is 15.2 Å². The Bertz CT molecular complexity index is 435. The normalized spacial score (nSPS) is 10.7. The molecule has 0 N–H and O–H groups in total. The molecular weight excluding hydrogens is 279 g/mol. The molecule has 2 aromatic rings. The van der Waals surface area contributed by atoms with E-state index in [4.69, 9.17) is 0 Å². The molecule has 0 spiro atoms. The van der Waals surface area contributed by atoms with E-state index in [1.807, 2.05) is 37.3 Å². The number of rotatable bonds is 1. The standard InChI is InChI=1S/C8H9IN4/c1-12(2)8-10-7-4-3-6(9)5-13(7)11-8/h3-5H,1-2H3. The Kier molecular flexibility index (Phi) is 2.10. The number of hydrogen-bond donors (Lipinski definition) is 0. The van der Waals surface area contributed by atoms with Gasteiger partial charge in [-0.1, -0.05) is 0 Å². The molecule has 5 heteroatoms. The fourth-order valence-electron chi connectivity index (χ4n) is 1.04. The van der Waals surface area contributed by atoms with Gasteiger partial charge in [0, 0.05) is 23.9 Å². The van der Waals surface area contributed by atoms with E-state index >= 15 is 0 Å². The molecule has 2 rings (SSSR count). The summed E-state index contributed by atoms with van der Waals surface area (Å²) in [6.07, 6.45) is 1.95. The van der Waals surface area contributed by atoms with Crippen LogP contribution in [0.25, 0.3) is 5.65 Å². The molecule has 2 aromatic heterocycles. The summed E-state index contributed by atoms with van der Waals surface area (Å²) in [7, 11) is 3.86. The van der Waals surface area contributed by atoms with Crippen LogP contribution in [0.1, 0.15) is 0 Å². The summed E-state index contributed by atoms with van der Waals surface area (Å²) in [4.78, 5) is 6.22. The van der Waals surface area contributed by atoms with E-state index in [0.29, 0.717) is 0 Å². The molecule has 2 heterocycles. The molecule has 0 saturated heterocycles. The Morgan fingerprint density at radius 3 is 2.85 bits per heavy atom. The van der Waals surface area contributed by atoms with Crippen LogP contribution in [-0.4, -0.2) is 28.7 Å². The molecule has 0 aliphatic heterocycles. The second kappa shape index (κ2) is 3.13. The number of anilines is 1. The van der Waals surface area contributed by atoms with Crippen LogP contribution in [0.4, 0.5) is 5.95 Å². The predicted molar refractivity (Wildman–Crippen MR) is 60.0 cm³/mol. The van der Waals surface area contributed by atoms with Gasteiger partial charge in [-0.2, -0.15) is 4.98 Å². The summed E-state index contributed by atoms with van der Waals surface area (Å²) in [6.45, 7) is 0. The summed E-state index contributed by atoms with van der Waals surface area (Å²) < 4.78 is 2.94. The molecular formula is C8H9IN4. The molecule has 0 atom stereocenters. The van der Waals surface area contributed by atoms with Gasteiger partial charge in [0.1, 0.15) is 0 Å². The quantitative estimate of drug-likeness (QED) is 0.744. The van der Waals surface area contributed by atoms with Crippen molar-refractivity contribution in [3.05, 3.63) is 21.9 Å². The Morgan fingerprint density at radius 1 is 1.38 bits per heavy atom. The highest BCUT2D eigenvalue weighted by Crippen LogP contribution is 2.10. The van der Waals surface area contributed by atoms with Gasteiger partial charge in [-0.05, 0) is 34.7 Å². The van der Waals surface area contributed by atoms with E-state index in [9.17, 15) is 0 Å². The van der Waals surface area contributed by atoms with E-state index in [2.05, 4.69) is 32.7 Å². The molecule has 0 aliphatic carbocycles. The van der Waals surface area contributed by atoms with Gasteiger partial charge in [-0.25, -0.2) is 4.52 Å². The van der Waals surface area contributed by atoms with Crippen molar-refractivity contribution >= 4 is 34.2 Å². The van der Waals surface area contributed by atoms with Crippen LogP contribution in [0.2, 0.25) is 0 Å². The lowest BCUT2D eigenvalue weighted by atomic mass is 10.5. The zero-order chi connectivity index (χ0) is 9.42. The number of hydrogen-bond acceptors (Lipinski definition) is 3. The van der Waals surface area contributed by atoms with Crippen molar-refractivity contribution in [2.45, 2.75) is 0 Å².